The monoisotopic (exact) mass is 264 g/mol. The highest BCUT2D eigenvalue weighted by Crippen LogP contribution is 2.25. The minimum Gasteiger partial charge on any atom is -0.427 e. The van der Waals surface area contributed by atoms with Crippen molar-refractivity contribution in [1.82, 2.24) is 0 Å². The third kappa shape index (κ3) is 4.27. The van der Waals surface area contributed by atoms with Gasteiger partial charge in [0, 0.05) is 0 Å². The maximum Gasteiger partial charge on any atom is 0.514 e. The van der Waals surface area contributed by atoms with Crippen molar-refractivity contribution in [3.8, 4) is 5.75 Å². The maximum atomic E-state index is 11.8. The Morgan fingerprint density at radius 2 is 1.53 bits per heavy atom. The predicted molar refractivity (Wildman–Crippen MR) is 76.5 cm³/mol. The molecule has 0 aliphatic rings. The van der Waals surface area contributed by atoms with E-state index in [2.05, 4.69) is 6.92 Å². The first-order valence-electron chi connectivity index (χ1n) is 7.08. The standard InChI is InChI=1S/C16H24O3/c1-5-13-9-11-14(12-10-13)18-15(17)19-16(6-2,7-3)8-4/h9-12H,5-8H2,1-4H3. The quantitative estimate of drug-likeness (QED) is 0.550. The molecule has 0 unspecified atom stereocenters. The third-order valence-corrected chi connectivity index (χ3v) is 3.77. The van der Waals surface area contributed by atoms with Crippen LogP contribution in [0.4, 0.5) is 4.79 Å². The zero-order valence-electron chi connectivity index (χ0n) is 12.4. The SMILES string of the molecule is CCc1ccc(OC(=O)OC(CC)(CC)CC)cc1. The van der Waals surface area contributed by atoms with Crippen molar-refractivity contribution in [2.75, 3.05) is 0 Å². The van der Waals surface area contributed by atoms with E-state index in [9.17, 15) is 4.79 Å². The minimum atomic E-state index is -0.616. The Hall–Kier alpha value is -1.51. The maximum absolute atomic E-state index is 11.8. The van der Waals surface area contributed by atoms with Gasteiger partial charge in [0.05, 0.1) is 0 Å². The molecule has 0 radical (unpaired) electrons. The van der Waals surface area contributed by atoms with Crippen LogP contribution in [0, 0.1) is 0 Å². The smallest absolute Gasteiger partial charge is 0.427 e. The zero-order valence-corrected chi connectivity index (χ0v) is 12.4. The Bertz CT molecular complexity index is 383. The molecule has 0 spiro atoms. The van der Waals surface area contributed by atoms with Gasteiger partial charge < -0.3 is 9.47 Å². The topological polar surface area (TPSA) is 35.5 Å². The molecular formula is C16H24O3. The Morgan fingerprint density at radius 1 is 1.00 bits per heavy atom. The molecule has 0 saturated heterocycles. The van der Waals surface area contributed by atoms with Gasteiger partial charge in [0.15, 0.2) is 0 Å². The molecular weight excluding hydrogens is 240 g/mol. The summed E-state index contributed by atoms with van der Waals surface area (Å²) >= 11 is 0. The average Bonchev–Trinajstić information content (AvgIpc) is 2.46. The summed E-state index contributed by atoms with van der Waals surface area (Å²) in [6.07, 6.45) is 2.74. The van der Waals surface area contributed by atoms with E-state index >= 15 is 0 Å². The lowest BCUT2D eigenvalue weighted by atomic mass is 9.94. The zero-order chi connectivity index (χ0) is 14.3. The predicted octanol–water partition coefficient (Wildman–Crippen LogP) is 4.73. The van der Waals surface area contributed by atoms with Gasteiger partial charge in [-0.15, -0.1) is 0 Å². The number of benzene rings is 1. The molecule has 3 nitrogen and oxygen atoms in total. The Balaban J connectivity index is 2.63. The van der Waals surface area contributed by atoms with Gasteiger partial charge in [-0.2, -0.15) is 0 Å². The van der Waals surface area contributed by atoms with E-state index in [1.165, 1.54) is 5.56 Å². The summed E-state index contributed by atoms with van der Waals surface area (Å²) in [6, 6.07) is 7.50. The molecule has 0 aromatic heterocycles. The lowest BCUT2D eigenvalue weighted by Crippen LogP contribution is -2.34. The molecule has 106 valence electrons. The average molecular weight is 264 g/mol. The highest BCUT2D eigenvalue weighted by atomic mass is 16.7. The first-order valence-corrected chi connectivity index (χ1v) is 7.08. The van der Waals surface area contributed by atoms with Crippen molar-refractivity contribution in [3.05, 3.63) is 29.8 Å². The normalized spacial score (nSPS) is 11.2. The van der Waals surface area contributed by atoms with Crippen molar-refractivity contribution in [2.24, 2.45) is 0 Å². The third-order valence-electron chi connectivity index (χ3n) is 3.77. The van der Waals surface area contributed by atoms with Crippen LogP contribution in [0.15, 0.2) is 24.3 Å². The summed E-state index contributed by atoms with van der Waals surface area (Å²) in [5, 5.41) is 0. The molecule has 0 aliphatic carbocycles. The summed E-state index contributed by atoms with van der Waals surface area (Å²) in [4.78, 5) is 11.8. The fraction of sp³-hybridized carbons (Fsp3) is 0.562. The van der Waals surface area contributed by atoms with Gasteiger partial charge in [-0.3, -0.25) is 0 Å². The van der Waals surface area contributed by atoms with Gasteiger partial charge in [-0.05, 0) is 43.4 Å². The second-order valence-corrected chi connectivity index (χ2v) is 4.70. The number of rotatable bonds is 6. The molecule has 0 amide bonds. The molecule has 0 fully saturated rings. The fourth-order valence-electron chi connectivity index (χ4n) is 2.05. The second-order valence-electron chi connectivity index (χ2n) is 4.70. The first kappa shape index (κ1) is 15.5. The number of hydrogen-bond donors (Lipinski definition) is 0. The van der Waals surface area contributed by atoms with Gasteiger partial charge in [0.1, 0.15) is 11.4 Å². The van der Waals surface area contributed by atoms with Crippen LogP contribution in [0.3, 0.4) is 0 Å². The Kier molecular flexibility index (Phi) is 5.87. The minimum absolute atomic E-state index is 0.402. The van der Waals surface area contributed by atoms with Crippen LogP contribution in [0.25, 0.3) is 0 Å². The van der Waals surface area contributed by atoms with Crippen molar-refractivity contribution in [1.29, 1.82) is 0 Å². The molecule has 0 bridgehead atoms. The summed E-state index contributed by atoms with van der Waals surface area (Å²) in [5.41, 5.74) is 0.811. The number of hydrogen-bond acceptors (Lipinski definition) is 3. The van der Waals surface area contributed by atoms with Crippen LogP contribution in [0.5, 0.6) is 5.75 Å². The summed E-state index contributed by atoms with van der Waals surface area (Å²) in [7, 11) is 0. The van der Waals surface area contributed by atoms with E-state index in [4.69, 9.17) is 9.47 Å². The van der Waals surface area contributed by atoms with Crippen LogP contribution >= 0.6 is 0 Å². The Labute approximate surface area is 115 Å². The second kappa shape index (κ2) is 7.17. The summed E-state index contributed by atoms with van der Waals surface area (Å²) < 4.78 is 10.7. The van der Waals surface area contributed by atoms with E-state index in [1.54, 1.807) is 12.1 Å². The molecule has 0 N–H and O–H groups in total. The largest absolute Gasteiger partial charge is 0.514 e. The lowest BCUT2D eigenvalue weighted by molar-refractivity contribution is -0.0222. The van der Waals surface area contributed by atoms with E-state index < -0.39 is 11.8 Å². The Morgan fingerprint density at radius 3 is 1.95 bits per heavy atom. The van der Waals surface area contributed by atoms with Gasteiger partial charge in [-0.1, -0.05) is 39.8 Å². The van der Waals surface area contributed by atoms with Gasteiger partial charge >= 0.3 is 6.16 Å². The molecule has 0 saturated carbocycles. The summed E-state index contributed by atoms with van der Waals surface area (Å²) in [5.74, 6) is 0.527. The molecule has 1 rings (SSSR count). The van der Waals surface area contributed by atoms with Crippen molar-refractivity contribution in [3.63, 3.8) is 0 Å². The number of ether oxygens (including phenoxy) is 2. The van der Waals surface area contributed by atoms with Crippen molar-refractivity contribution in [2.45, 2.75) is 59.0 Å². The fourth-order valence-corrected chi connectivity index (χ4v) is 2.05. The van der Waals surface area contributed by atoms with Crippen LogP contribution in [0.1, 0.15) is 52.5 Å². The van der Waals surface area contributed by atoms with Gasteiger partial charge in [-0.25, -0.2) is 4.79 Å². The number of carbonyl (C=O) groups excluding carboxylic acids is 1. The van der Waals surface area contributed by atoms with Crippen LogP contribution in [0.2, 0.25) is 0 Å². The first-order chi connectivity index (χ1) is 9.09. The lowest BCUT2D eigenvalue weighted by Gasteiger charge is -2.29. The van der Waals surface area contributed by atoms with Crippen LogP contribution in [-0.2, 0) is 11.2 Å². The van der Waals surface area contributed by atoms with Gasteiger partial charge in [0.25, 0.3) is 0 Å². The molecule has 0 heterocycles. The van der Waals surface area contributed by atoms with Crippen molar-refractivity contribution >= 4 is 6.16 Å². The highest BCUT2D eigenvalue weighted by Gasteiger charge is 2.29. The molecule has 3 heteroatoms. The molecule has 1 aromatic carbocycles. The molecule has 0 atom stereocenters. The number of carbonyl (C=O) groups is 1. The van der Waals surface area contributed by atoms with Crippen molar-refractivity contribution < 1.29 is 14.3 Å². The highest BCUT2D eigenvalue weighted by molar-refractivity contribution is 5.64. The summed E-state index contributed by atoms with van der Waals surface area (Å²) in [6.45, 7) is 8.16. The van der Waals surface area contributed by atoms with Gasteiger partial charge in [0.2, 0.25) is 0 Å². The van der Waals surface area contributed by atoms with E-state index in [1.807, 2.05) is 32.9 Å². The molecule has 0 aliphatic heterocycles. The van der Waals surface area contributed by atoms with Crippen LogP contribution in [-0.4, -0.2) is 11.8 Å². The van der Waals surface area contributed by atoms with E-state index in [0.717, 1.165) is 25.7 Å². The van der Waals surface area contributed by atoms with E-state index in [-0.39, 0.29) is 0 Å². The molecule has 19 heavy (non-hydrogen) atoms. The van der Waals surface area contributed by atoms with Crippen LogP contribution < -0.4 is 4.74 Å². The number of aryl methyl sites for hydroxylation is 1. The molecule has 1 aromatic rings. The van der Waals surface area contributed by atoms with E-state index in [0.29, 0.717) is 5.75 Å².